The van der Waals surface area contributed by atoms with Crippen LogP contribution in [0.2, 0.25) is 0 Å². The summed E-state index contributed by atoms with van der Waals surface area (Å²) in [5.41, 5.74) is 1.20. The number of pyridine rings is 1. The number of hydrogen-bond donors (Lipinski definition) is 0. The van der Waals surface area contributed by atoms with Gasteiger partial charge in [0, 0.05) is 49.6 Å². The fraction of sp³-hybridized carbons (Fsp3) is 0.312. The van der Waals surface area contributed by atoms with Gasteiger partial charge in [-0.2, -0.15) is 4.31 Å². The number of sulfonamides is 1. The summed E-state index contributed by atoms with van der Waals surface area (Å²) in [5.74, 6) is 0. The normalized spacial score (nSPS) is 17.3. The van der Waals surface area contributed by atoms with E-state index in [0.717, 1.165) is 24.1 Å². The first kappa shape index (κ1) is 16.6. The van der Waals surface area contributed by atoms with Crippen LogP contribution in [-0.2, 0) is 16.6 Å². The lowest BCUT2D eigenvalue weighted by molar-refractivity contribution is 0.181. The van der Waals surface area contributed by atoms with E-state index in [1.165, 1.54) is 5.56 Å². The summed E-state index contributed by atoms with van der Waals surface area (Å²) in [6, 6.07) is 10.8. The molecule has 7 heteroatoms. The van der Waals surface area contributed by atoms with Crippen molar-refractivity contribution in [1.82, 2.24) is 14.2 Å². The molecule has 3 rings (SSSR count). The lowest BCUT2D eigenvalue weighted by atomic mass is 10.2. The van der Waals surface area contributed by atoms with Gasteiger partial charge in [-0.15, -0.1) is 0 Å². The van der Waals surface area contributed by atoms with Crippen molar-refractivity contribution in [2.45, 2.75) is 11.4 Å². The van der Waals surface area contributed by atoms with Crippen LogP contribution >= 0.6 is 15.9 Å². The minimum atomic E-state index is -3.41. The van der Waals surface area contributed by atoms with E-state index in [-0.39, 0.29) is 0 Å². The van der Waals surface area contributed by atoms with Crippen LogP contribution in [-0.4, -0.2) is 48.8 Å². The lowest BCUT2D eigenvalue weighted by Gasteiger charge is -2.34. The molecule has 0 aliphatic carbocycles. The van der Waals surface area contributed by atoms with Gasteiger partial charge >= 0.3 is 0 Å². The second-order valence-electron chi connectivity index (χ2n) is 5.49. The highest BCUT2D eigenvalue weighted by molar-refractivity contribution is 9.10. The van der Waals surface area contributed by atoms with Crippen molar-refractivity contribution in [2.75, 3.05) is 26.2 Å². The Balaban J connectivity index is 1.64. The van der Waals surface area contributed by atoms with Crippen LogP contribution in [0.4, 0.5) is 0 Å². The smallest absolute Gasteiger partial charge is 0.243 e. The third kappa shape index (κ3) is 3.98. The zero-order chi connectivity index (χ0) is 16.3. The molecule has 1 fully saturated rings. The van der Waals surface area contributed by atoms with E-state index in [9.17, 15) is 8.42 Å². The fourth-order valence-electron chi connectivity index (χ4n) is 2.65. The molecule has 2 aromatic rings. The standard InChI is InChI=1S/C16H18BrN3O2S/c17-15-2-1-3-16(12-15)23(21,22)20-10-8-19(9-11-20)13-14-4-6-18-7-5-14/h1-7,12H,8-11,13H2. The van der Waals surface area contributed by atoms with Crippen LogP contribution < -0.4 is 0 Å². The average molecular weight is 396 g/mol. The predicted molar refractivity (Wildman–Crippen MR) is 92.4 cm³/mol. The molecule has 2 heterocycles. The Kier molecular flexibility index (Phi) is 5.11. The predicted octanol–water partition coefficient (Wildman–Crippen LogP) is 2.35. The molecule has 0 bridgehead atoms. The van der Waals surface area contributed by atoms with E-state index in [0.29, 0.717) is 18.0 Å². The molecule has 122 valence electrons. The van der Waals surface area contributed by atoms with Crippen molar-refractivity contribution in [3.05, 3.63) is 58.8 Å². The Morgan fingerprint density at radius 3 is 2.39 bits per heavy atom. The van der Waals surface area contributed by atoms with Crippen molar-refractivity contribution in [3.8, 4) is 0 Å². The highest BCUT2D eigenvalue weighted by atomic mass is 79.9. The Bertz CT molecular complexity index is 760. The number of aromatic nitrogens is 1. The molecule has 0 unspecified atom stereocenters. The van der Waals surface area contributed by atoms with E-state index in [1.807, 2.05) is 18.2 Å². The maximum Gasteiger partial charge on any atom is 0.243 e. The molecule has 0 radical (unpaired) electrons. The third-order valence-electron chi connectivity index (χ3n) is 3.92. The average Bonchev–Trinajstić information content (AvgIpc) is 2.56. The zero-order valence-corrected chi connectivity index (χ0v) is 15.0. The molecule has 1 aromatic carbocycles. The molecular formula is C16H18BrN3O2S. The van der Waals surface area contributed by atoms with Crippen molar-refractivity contribution in [1.29, 1.82) is 0 Å². The molecule has 1 aliphatic rings. The van der Waals surface area contributed by atoms with Crippen LogP contribution in [0.5, 0.6) is 0 Å². The van der Waals surface area contributed by atoms with Gasteiger partial charge in [0.25, 0.3) is 0 Å². The maximum atomic E-state index is 12.7. The Hall–Kier alpha value is -1.28. The topological polar surface area (TPSA) is 53.5 Å². The van der Waals surface area contributed by atoms with Gasteiger partial charge in [0.05, 0.1) is 4.90 Å². The fourth-order valence-corrected chi connectivity index (χ4v) is 4.67. The van der Waals surface area contributed by atoms with Gasteiger partial charge in [-0.3, -0.25) is 9.88 Å². The molecule has 1 aromatic heterocycles. The van der Waals surface area contributed by atoms with Crippen LogP contribution in [0.3, 0.4) is 0 Å². The lowest BCUT2D eigenvalue weighted by Crippen LogP contribution is -2.48. The minimum Gasteiger partial charge on any atom is -0.296 e. The summed E-state index contributed by atoms with van der Waals surface area (Å²) in [4.78, 5) is 6.62. The summed E-state index contributed by atoms with van der Waals surface area (Å²) in [6.45, 7) is 3.32. The molecule has 23 heavy (non-hydrogen) atoms. The summed E-state index contributed by atoms with van der Waals surface area (Å²) >= 11 is 3.33. The molecule has 0 amide bonds. The number of hydrogen-bond acceptors (Lipinski definition) is 4. The van der Waals surface area contributed by atoms with Gasteiger partial charge in [-0.1, -0.05) is 22.0 Å². The SMILES string of the molecule is O=S(=O)(c1cccc(Br)c1)N1CCN(Cc2ccncc2)CC1. The van der Waals surface area contributed by atoms with E-state index < -0.39 is 10.0 Å². The van der Waals surface area contributed by atoms with Gasteiger partial charge < -0.3 is 0 Å². The summed E-state index contributed by atoms with van der Waals surface area (Å²) < 4.78 is 27.7. The summed E-state index contributed by atoms with van der Waals surface area (Å²) in [6.07, 6.45) is 3.56. The quantitative estimate of drug-likeness (QED) is 0.796. The minimum absolute atomic E-state index is 0.342. The van der Waals surface area contributed by atoms with Gasteiger partial charge in [-0.05, 0) is 35.9 Å². The molecule has 0 saturated carbocycles. The second kappa shape index (κ2) is 7.09. The number of nitrogens with zero attached hydrogens (tertiary/aromatic N) is 3. The van der Waals surface area contributed by atoms with Crippen molar-refractivity contribution in [2.24, 2.45) is 0 Å². The highest BCUT2D eigenvalue weighted by Gasteiger charge is 2.28. The summed E-state index contributed by atoms with van der Waals surface area (Å²) in [7, 11) is -3.41. The first-order valence-electron chi connectivity index (χ1n) is 7.43. The van der Waals surface area contributed by atoms with Crippen molar-refractivity contribution >= 4 is 26.0 Å². The van der Waals surface area contributed by atoms with Gasteiger partial charge in [-0.25, -0.2) is 8.42 Å². The highest BCUT2D eigenvalue weighted by Crippen LogP contribution is 2.21. The Morgan fingerprint density at radius 1 is 1.04 bits per heavy atom. The first-order valence-corrected chi connectivity index (χ1v) is 9.66. The van der Waals surface area contributed by atoms with Gasteiger partial charge in [0.1, 0.15) is 0 Å². The largest absolute Gasteiger partial charge is 0.296 e. The number of halogens is 1. The molecule has 0 spiro atoms. The van der Waals surface area contributed by atoms with Gasteiger partial charge in [0.15, 0.2) is 0 Å². The van der Waals surface area contributed by atoms with Gasteiger partial charge in [0.2, 0.25) is 10.0 Å². The van der Waals surface area contributed by atoms with Crippen LogP contribution in [0.1, 0.15) is 5.56 Å². The van der Waals surface area contributed by atoms with Crippen LogP contribution in [0.25, 0.3) is 0 Å². The molecular weight excluding hydrogens is 378 g/mol. The van der Waals surface area contributed by atoms with Crippen LogP contribution in [0.15, 0.2) is 58.2 Å². The number of rotatable bonds is 4. The molecule has 0 N–H and O–H groups in total. The molecule has 1 aliphatic heterocycles. The maximum absolute atomic E-state index is 12.7. The zero-order valence-electron chi connectivity index (χ0n) is 12.6. The molecule has 5 nitrogen and oxygen atoms in total. The number of benzene rings is 1. The Morgan fingerprint density at radius 2 is 1.74 bits per heavy atom. The van der Waals surface area contributed by atoms with E-state index in [2.05, 4.69) is 25.8 Å². The summed E-state index contributed by atoms with van der Waals surface area (Å²) in [5, 5.41) is 0. The monoisotopic (exact) mass is 395 g/mol. The van der Waals surface area contributed by atoms with E-state index in [1.54, 1.807) is 34.9 Å². The van der Waals surface area contributed by atoms with Crippen LogP contribution in [0, 0.1) is 0 Å². The Labute approximate surface area is 145 Å². The third-order valence-corrected chi connectivity index (χ3v) is 6.31. The van der Waals surface area contributed by atoms with Crippen molar-refractivity contribution in [3.63, 3.8) is 0 Å². The first-order chi connectivity index (χ1) is 11.1. The van der Waals surface area contributed by atoms with E-state index in [4.69, 9.17) is 0 Å². The van der Waals surface area contributed by atoms with E-state index >= 15 is 0 Å². The molecule has 1 saturated heterocycles. The second-order valence-corrected chi connectivity index (χ2v) is 8.35. The number of piperazine rings is 1. The van der Waals surface area contributed by atoms with Crippen molar-refractivity contribution < 1.29 is 8.42 Å². The molecule has 0 atom stereocenters.